The lowest BCUT2D eigenvalue weighted by atomic mass is 9.88. The van der Waals surface area contributed by atoms with Crippen molar-refractivity contribution >= 4 is 18.1 Å². The van der Waals surface area contributed by atoms with Crippen molar-refractivity contribution in [3.63, 3.8) is 0 Å². The van der Waals surface area contributed by atoms with Crippen LogP contribution in [0.5, 0.6) is 0 Å². The molecule has 0 aliphatic carbocycles. The number of hydrogen-bond donors (Lipinski definition) is 5. The van der Waals surface area contributed by atoms with Crippen LogP contribution in [0.3, 0.4) is 0 Å². The van der Waals surface area contributed by atoms with E-state index in [2.05, 4.69) is 10.6 Å². The number of carbonyl (C=O) groups is 3. The SMILES string of the molecule is CCCCO[C@]1(C=O)C[C@H](O)[C@@H](NC(C)=O)[C@H]([C@H](O)[C@H](O)CNC(=O)c2ccc(-c3ccccc3)cc2)O1. The standard InChI is InChI=1S/C28H36N2O8/c1-3-4-14-37-28(17-31)15-22(33)24(30-18(2)32)26(38-28)25(35)23(34)16-29-27(36)21-12-10-20(11-13-21)19-8-6-5-7-9-19/h5-13,17,22-26,33-35H,3-4,14-16H2,1-2H3,(H,29,36)(H,30,32)/t22-,23+,24+,25+,26+,28+/m0/s1. The lowest BCUT2D eigenvalue weighted by molar-refractivity contribution is -0.296. The number of ether oxygens (including phenoxy) is 2. The highest BCUT2D eigenvalue weighted by atomic mass is 16.7. The predicted octanol–water partition coefficient (Wildman–Crippen LogP) is 1.17. The van der Waals surface area contributed by atoms with Gasteiger partial charge in [-0.1, -0.05) is 55.8 Å². The largest absolute Gasteiger partial charge is 0.391 e. The van der Waals surface area contributed by atoms with Gasteiger partial charge in [-0.2, -0.15) is 0 Å². The van der Waals surface area contributed by atoms with Crippen LogP contribution in [0.25, 0.3) is 11.1 Å². The molecule has 0 aromatic heterocycles. The average Bonchev–Trinajstić information content (AvgIpc) is 2.93. The lowest BCUT2D eigenvalue weighted by Gasteiger charge is -2.46. The first-order valence-electron chi connectivity index (χ1n) is 12.7. The molecular formula is C28H36N2O8. The molecular weight excluding hydrogens is 492 g/mol. The van der Waals surface area contributed by atoms with E-state index in [4.69, 9.17) is 9.47 Å². The predicted molar refractivity (Wildman–Crippen MR) is 139 cm³/mol. The third-order valence-electron chi connectivity index (χ3n) is 6.45. The third-order valence-corrected chi connectivity index (χ3v) is 6.45. The molecule has 2 aromatic rings. The zero-order valence-corrected chi connectivity index (χ0v) is 21.6. The van der Waals surface area contributed by atoms with Gasteiger partial charge >= 0.3 is 0 Å². The molecule has 2 aromatic carbocycles. The zero-order valence-electron chi connectivity index (χ0n) is 21.6. The highest BCUT2D eigenvalue weighted by molar-refractivity contribution is 5.94. The molecule has 10 nitrogen and oxygen atoms in total. The topological polar surface area (TPSA) is 154 Å². The maximum atomic E-state index is 12.7. The van der Waals surface area contributed by atoms with E-state index in [1.165, 1.54) is 6.92 Å². The van der Waals surface area contributed by atoms with Gasteiger partial charge in [-0.3, -0.25) is 14.4 Å². The molecule has 1 heterocycles. The van der Waals surface area contributed by atoms with Crippen molar-refractivity contribution in [2.24, 2.45) is 0 Å². The van der Waals surface area contributed by atoms with Gasteiger partial charge in [0.05, 0.1) is 24.9 Å². The summed E-state index contributed by atoms with van der Waals surface area (Å²) in [5, 5.41) is 37.4. The van der Waals surface area contributed by atoms with E-state index >= 15 is 0 Å². The molecule has 0 unspecified atom stereocenters. The van der Waals surface area contributed by atoms with Gasteiger partial charge < -0.3 is 35.4 Å². The number of carbonyl (C=O) groups excluding carboxylic acids is 3. The second kappa shape index (κ2) is 13.6. The number of amides is 2. The maximum absolute atomic E-state index is 12.7. The minimum Gasteiger partial charge on any atom is -0.391 e. The van der Waals surface area contributed by atoms with Crippen LogP contribution in [-0.2, 0) is 19.1 Å². The van der Waals surface area contributed by atoms with Crippen LogP contribution >= 0.6 is 0 Å². The molecule has 10 heteroatoms. The quantitative estimate of drug-likeness (QED) is 0.203. The van der Waals surface area contributed by atoms with Crippen molar-refractivity contribution in [2.75, 3.05) is 13.2 Å². The Labute approximate surface area is 222 Å². The number of aliphatic hydroxyl groups excluding tert-OH is 3. The Morgan fingerprint density at radius 1 is 1.13 bits per heavy atom. The smallest absolute Gasteiger partial charge is 0.251 e. The minimum absolute atomic E-state index is 0.178. The van der Waals surface area contributed by atoms with Gasteiger partial charge in [0.2, 0.25) is 11.7 Å². The third kappa shape index (κ3) is 7.46. The van der Waals surface area contributed by atoms with Crippen molar-refractivity contribution in [1.29, 1.82) is 0 Å². The van der Waals surface area contributed by atoms with Gasteiger partial charge in [0.15, 0.2) is 6.29 Å². The Bertz CT molecular complexity index is 1060. The molecule has 6 atom stereocenters. The molecule has 1 aliphatic rings. The summed E-state index contributed by atoms with van der Waals surface area (Å²) >= 11 is 0. The molecule has 0 spiro atoms. The van der Waals surface area contributed by atoms with Crippen molar-refractivity contribution in [3.8, 4) is 11.1 Å². The molecule has 3 rings (SSSR count). The van der Waals surface area contributed by atoms with Crippen molar-refractivity contribution < 1.29 is 39.2 Å². The fourth-order valence-electron chi connectivity index (χ4n) is 4.36. The van der Waals surface area contributed by atoms with Crippen LogP contribution in [0.4, 0.5) is 0 Å². The molecule has 5 N–H and O–H groups in total. The van der Waals surface area contributed by atoms with Gasteiger partial charge in [-0.15, -0.1) is 0 Å². The monoisotopic (exact) mass is 528 g/mol. The van der Waals surface area contributed by atoms with Gasteiger partial charge in [0.25, 0.3) is 5.91 Å². The number of unbranched alkanes of at least 4 members (excludes halogenated alkanes) is 1. The Kier molecular flexibility index (Phi) is 10.5. The van der Waals surface area contributed by atoms with E-state index in [1.807, 2.05) is 49.4 Å². The summed E-state index contributed by atoms with van der Waals surface area (Å²) < 4.78 is 11.4. The first kappa shape index (κ1) is 29.4. The van der Waals surface area contributed by atoms with Gasteiger partial charge in [0, 0.05) is 25.5 Å². The minimum atomic E-state index is -1.85. The summed E-state index contributed by atoms with van der Waals surface area (Å²) in [6, 6.07) is 15.5. The number of aldehydes is 1. The molecule has 1 saturated heterocycles. The number of aliphatic hydroxyl groups is 3. The second-order valence-corrected chi connectivity index (χ2v) is 9.42. The molecule has 206 valence electrons. The van der Waals surface area contributed by atoms with Crippen LogP contribution in [0.1, 0.15) is 43.5 Å². The lowest BCUT2D eigenvalue weighted by Crippen LogP contribution is -2.66. The van der Waals surface area contributed by atoms with Gasteiger partial charge in [-0.05, 0) is 29.7 Å². The summed E-state index contributed by atoms with van der Waals surface area (Å²) in [5.74, 6) is -2.82. The van der Waals surface area contributed by atoms with Gasteiger partial charge in [-0.25, -0.2) is 0 Å². The fourth-order valence-corrected chi connectivity index (χ4v) is 4.36. The highest BCUT2D eigenvalue weighted by Crippen LogP contribution is 2.32. The first-order valence-corrected chi connectivity index (χ1v) is 12.7. The van der Waals surface area contributed by atoms with Crippen LogP contribution in [0.2, 0.25) is 0 Å². The Balaban J connectivity index is 1.67. The molecule has 1 aliphatic heterocycles. The molecule has 1 fully saturated rings. The maximum Gasteiger partial charge on any atom is 0.251 e. The van der Waals surface area contributed by atoms with Crippen molar-refractivity contribution in [1.82, 2.24) is 10.6 Å². The molecule has 2 amide bonds. The Hall–Kier alpha value is -3.15. The van der Waals surface area contributed by atoms with Crippen LogP contribution in [0, 0.1) is 0 Å². The van der Waals surface area contributed by atoms with E-state index in [-0.39, 0.29) is 19.6 Å². The molecule has 38 heavy (non-hydrogen) atoms. The second-order valence-electron chi connectivity index (χ2n) is 9.42. The van der Waals surface area contributed by atoms with Crippen LogP contribution in [-0.4, -0.2) is 82.8 Å². The molecule has 0 radical (unpaired) electrons. The highest BCUT2D eigenvalue weighted by Gasteiger charge is 2.51. The number of hydrogen-bond acceptors (Lipinski definition) is 8. The normalized spacial score (nSPS) is 24.7. The van der Waals surface area contributed by atoms with Crippen LogP contribution < -0.4 is 10.6 Å². The van der Waals surface area contributed by atoms with E-state index in [1.54, 1.807) is 12.1 Å². The van der Waals surface area contributed by atoms with E-state index in [0.29, 0.717) is 18.3 Å². The zero-order chi connectivity index (χ0) is 27.7. The van der Waals surface area contributed by atoms with E-state index < -0.39 is 48.1 Å². The van der Waals surface area contributed by atoms with Crippen LogP contribution in [0.15, 0.2) is 54.6 Å². The summed E-state index contributed by atoms with van der Waals surface area (Å²) in [4.78, 5) is 36.3. The average molecular weight is 529 g/mol. The Morgan fingerprint density at radius 2 is 1.79 bits per heavy atom. The number of nitrogens with one attached hydrogen (secondary N) is 2. The summed E-state index contributed by atoms with van der Waals surface area (Å²) in [6.07, 6.45) is -4.35. The molecule has 0 saturated carbocycles. The Morgan fingerprint density at radius 3 is 2.39 bits per heavy atom. The van der Waals surface area contributed by atoms with Crippen molar-refractivity contribution in [2.45, 2.75) is 69.4 Å². The number of rotatable bonds is 12. The van der Waals surface area contributed by atoms with Crippen molar-refractivity contribution in [3.05, 3.63) is 60.2 Å². The first-order chi connectivity index (χ1) is 18.2. The van der Waals surface area contributed by atoms with Gasteiger partial charge in [0.1, 0.15) is 12.2 Å². The number of benzene rings is 2. The molecule has 0 bridgehead atoms. The van der Waals surface area contributed by atoms with E-state index in [9.17, 15) is 29.7 Å². The summed E-state index contributed by atoms with van der Waals surface area (Å²) in [5.41, 5.74) is 2.30. The summed E-state index contributed by atoms with van der Waals surface area (Å²) in [6.45, 7) is 3.00. The van der Waals surface area contributed by atoms with E-state index in [0.717, 1.165) is 17.5 Å². The fraction of sp³-hybridized carbons (Fsp3) is 0.464. The summed E-state index contributed by atoms with van der Waals surface area (Å²) in [7, 11) is 0.